The maximum atomic E-state index is 12.0. The van der Waals surface area contributed by atoms with Gasteiger partial charge < -0.3 is 5.73 Å². The van der Waals surface area contributed by atoms with E-state index in [4.69, 9.17) is 5.73 Å². The third kappa shape index (κ3) is 1.80. The third-order valence-electron chi connectivity index (χ3n) is 3.49. The lowest BCUT2D eigenvalue weighted by Gasteiger charge is -2.16. The van der Waals surface area contributed by atoms with Gasteiger partial charge in [-0.3, -0.25) is 4.79 Å². The van der Waals surface area contributed by atoms with Crippen molar-refractivity contribution in [2.24, 2.45) is 5.73 Å². The molecule has 0 saturated heterocycles. The smallest absolute Gasteiger partial charge is 0.165 e. The van der Waals surface area contributed by atoms with Crippen molar-refractivity contribution in [2.45, 2.75) is 19.3 Å². The third-order valence-corrected chi connectivity index (χ3v) is 3.49. The number of rotatable bonds is 1. The summed E-state index contributed by atoms with van der Waals surface area (Å²) in [7, 11) is 0. The van der Waals surface area contributed by atoms with Crippen LogP contribution in [0, 0.1) is 0 Å². The SMILES string of the molecule is NC1=C(c2ccc3ccccc3c2)C(=O)CCC1. The fraction of sp³-hybridized carbons (Fsp3) is 0.188. The van der Waals surface area contributed by atoms with Gasteiger partial charge in [-0.25, -0.2) is 0 Å². The first kappa shape index (κ1) is 11.0. The summed E-state index contributed by atoms with van der Waals surface area (Å²) in [5.41, 5.74) is 8.43. The molecule has 2 aromatic rings. The Hall–Kier alpha value is -2.09. The van der Waals surface area contributed by atoms with Crippen molar-refractivity contribution in [1.82, 2.24) is 0 Å². The van der Waals surface area contributed by atoms with E-state index < -0.39 is 0 Å². The van der Waals surface area contributed by atoms with Crippen LogP contribution in [0.1, 0.15) is 24.8 Å². The molecule has 0 atom stereocenters. The second-order valence-electron chi connectivity index (χ2n) is 4.74. The standard InChI is InChI=1S/C16H15NO/c17-14-6-3-7-15(18)16(14)13-9-8-11-4-1-2-5-12(11)10-13/h1-2,4-5,8-10H,3,6-7,17H2. The van der Waals surface area contributed by atoms with E-state index in [1.807, 2.05) is 24.3 Å². The number of carbonyl (C=O) groups excluding carboxylic acids is 1. The summed E-state index contributed by atoms with van der Waals surface area (Å²) >= 11 is 0. The summed E-state index contributed by atoms with van der Waals surface area (Å²) in [5.74, 6) is 0.175. The number of ketones is 1. The van der Waals surface area contributed by atoms with Crippen LogP contribution in [-0.4, -0.2) is 5.78 Å². The average molecular weight is 237 g/mol. The van der Waals surface area contributed by atoms with Gasteiger partial charge in [-0.2, -0.15) is 0 Å². The molecule has 2 nitrogen and oxygen atoms in total. The second-order valence-corrected chi connectivity index (χ2v) is 4.74. The quantitative estimate of drug-likeness (QED) is 0.827. The number of benzene rings is 2. The van der Waals surface area contributed by atoms with Crippen molar-refractivity contribution in [3.63, 3.8) is 0 Å². The van der Waals surface area contributed by atoms with E-state index in [1.54, 1.807) is 0 Å². The van der Waals surface area contributed by atoms with E-state index in [1.165, 1.54) is 5.39 Å². The van der Waals surface area contributed by atoms with Crippen LogP contribution < -0.4 is 5.73 Å². The van der Waals surface area contributed by atoms with Crippen LogP contribution in [0.3, 0.4) is 0 Å². The van der Waals surface area contributed by atoms with E-state index in [-0.39, 0.29) is 5.78 Å². The normalized spacial score (nSPS) is 16.3. The van der Waals surface area contributed by atoms with Gasteiger partial charge >= 0.3 is 0 Å². The maximum absolute atomic E-state index is 12.0. The number of nitrogens with two attached hydrogens (primary N) is 1. The molecule has 90 valence electrons. The van der Waals surface area contributed by atoms with Gasteiger partial charge in [-0.1, -0.05) is 36.4 Å². The molecule has 2 heteroatoms. The summed E-state index contributed by atoms with van der Waals surface area (Å²) in [6, 6.07) is 14.2. The summed E-state index contributed by atoms with van der Waals surface area (Å²) in [5, 5.41) is 2.33. The Morgan fingerprint density at radius 2 is 1.72 bits per heavy atom. The van der Waals surface area contributed by atoms with E-state index in [0.29, 0.717) is 6.42 Å². The van der Waals surface area contributed by atoms with Gasteiger partial charge in [-0.05, 0) is 35.2 Å². The first-order valence-corrected chi connectivity index (χ1v) is 6.27. The fourth-order valence-electron chi connectivity index (χ4n) is 2.56. The molecule has 0 unspecified atom stereocenters. The van der Waals surface area contributed by atoms with Gasteiger partial charge in [0.15, 0.2) is 5.78 Å². The van der Waals surface area contributed by atoms with Gasteiger partial charge in [0.05, 0.1) is 0 Å². The predicted molar refractivity (Wildman–Crippen MR) is 73.9 cm³/mol. The number of allylic oxidation sites excluding steroid dienone is 2. The minimum absolute atomic E-state index is 0.175. The van der Waals surface area contributed by atoms with Crippen molar-refractivity contribution >= 4 is 22.1 Å². The van der Waals surface area contributed by atoms with E-state index in [2.05, 4.69) is 18.2 Å². The minimum atomic E-state index is 0.175. The molecule has 0 saturated carbocycles. The van der Waals surface area contributed by atoms with Crippen LogP contribution in [0.4, 0.5) is 0 Å². The topological polar surface area (TPSA) is 43.1 Å². The molecule has 18 heavy (non-hydrogen) atoms. The highest BCUT2D eigenvalue weighted by molar-refractivity contribution is 6.22. The zero-order chi connectivity index (χ0) is 12.5. The first-order valence-electron chi connectivity index (χ1n) is 6.27. The van der Waals surface area contributed by atoms with Crippen molar-refractivity contribution < 1.29 is 4.79 Å². The van der Waals surface area contributed by atoms with Crippen LogP contribution in [0.5, 0.6) is 0 Å². The molecule has 2 aromatic carbocycles. The van der Waals surface area contributed by atoms with Gasteiger partial charge in [0.25, 0.3) is 0 Å². The molecular weight excluding hydrogens is 222 g/mol. The highest BCUT2D eigenvalue weighted by atomic mass is 16.1. The fourth-order valence-corrected chi connectivity index (χ4v) is 2.56. The Balaban J connectivity index is 2.17. The first-order chi connectivity index (χ1) is 8.75. The van der Waals surface area contributed by atoms with Crippen molar-refractivity contribution in [2.75, 3.05) is 0 Å². The number of fused-ring (bicyclic) bond motifs is 1. The molecule has 0 aromatic heterocycles. The molecule has 1 aliphatic rings. The zero-order valence-electron chi connectivity index (χ0n) is 10.1. The zero-order valence-corrected chi connectivity index (χ0v) is 10.1. The maximum Gasteiger partial charge on any atom is 0.165 e. The molecular formula is C16H15NO. The van der Waals surface area contributed by atoms with Crippen LogP contribution >= 0.6 is 0 Å². The van der Waals surface area contributed by atoms with E-state index in [0.717, 1.165) is 35.1 Å². The largest absolute Gasteiger partial charge is 0.401 e. The Labute approximate surface area is 106 Å². The highest BCUT2D eigenvalue weighted by Crippen LogP contribution is 2.29. The number of Topliss-reactive ketones (excluding diaryl/α,β-unsaturated/α-hetero) is 1. The molecule has 3 rings (SSSR count). The molecule has 0 radical (unpaired) electrons. The lowest BCUT2D eigenvalue weighted by Crippen LogP contribution is -2.15. The summed E-state index contributed by atoms with van der Waals surface area (Å²) in [6.07, 6.45) is 2.32. The molecule has 0 bridgehead atoms. The number of carbonyl (C=O) groups is 1. The van der Waals surface area contributed by atoms with Crippen LogP contribution in [0.15, 0.2) is 48.2 Å². The summed E-state index contributed by atoms with van der Waals surface area (Å²) in [6.45, 7) is 0. The van der Waals surface area contributed by atoms with E-state index >= 15 is 0 Å². The van der Waals surface area contributed by atoms with Crippen molar-refractivity contribution in [3.8, 4) is 0 Å². The molecule has 1 aliphatic carbocycles. The monoisotopic (exact) mass is 237 g/mol. The average Bonchev–Trinajstić information content (AvgIpc) is 2.38. The Kier molecular flexibility index (Phi) is 2.63. The summed E-state index contributed by atoms with van der Waals surface area (Å²) in [4.78, 5) is 12.0. The predicted octanol–water partition coefficient (Wildman–Crippen LogP) is 3.26. The Morgan fingerprint density at radius 3 is 2.50 bits per heavy atom. The second kappa shape index (κ2) is 4.30. The summed E-state index contributed by atoms with van der Waals surface area (Å²) < 4.78 is 0. The van der Waals surface area contributed by atoms with Crippen LogP contribution in [0.2, 0.25) is 0 Å². The Bertz CT molecular complexity index is 655. The van der Waals surface area contributed by atoms with Gasteiger partial charge in [0, 0.05) is 17.7 Å². The number of hydrogen-bond donors (Lipinski definition) is 1. The highest BCUT2D eigenvalue weighted by Gasteiger charge is 2.20. The molecule has 0 aliphatic heterocycles. The minimum Gasteiger partial charge on any atom is -0.401 e. The van der Waals surface area contributed by atoms with E-state index in [9.17, 15) is 4.79 Å². The van der Waals surface area contributed by atoms with Crippen molar-refractivity contribution in [3.05, 3.63) is 53.7 Å². The van der Waals surface area contributed by atoms with Gasteiger partial charge in [0.2, 0.25) is 0 Å². The molecule has 0 amide bonds. The molecule has 0 spiro atoms. The lowest BCUT2D eigenvalue weighted by molar-refractivity contribution is -0.114. The molecule has 0 heterocycles. The molecule has 0 fully saturated rings. The number of hydrogen-bond acceptors (Lipinski definition) is 2. The van der Waals surface area contributed by atoms with Crippen molar-refractivity contribution in [1.29, 1.82) is 0 Å². The Morgan fingerprint density at radius 1 is 0.944 bits per heavy atom. The van der Waals surface area contributed by atoms with Crippen LogP contribution in [0.25, 0.3) is 16.3 Å². The van der Waals surface area contributed by atoms with Gasteiger partial charge in [0.1, 0.15) is 0 Å². The molecule has 2 N–H and O–H groups in total. The lowest BCUT2D eigenvalue weighted by atomic mass is 9.89. The van der Waals surface area contributed by atoms with Gasteiger partial charge in [-0.15, -0.1) is 0 Å². The van der Waals surface area contributed by atoms with Crippen LogP contribution in [-0.2, 0) is 4.79 Å².